The van der Waals surface area contributed by atoms with E-state index in [-0.39, 0.29) is 16.9 Å². The van der Waals surface area contributed by atoms with E-state index in [1.807, 2.05) is 66.7 Å². The molecule has 3 unspecified atom stereocenters. The maximum absolute atomic E-state index is 14.0. The Kier molecular flexibility index (Phi) is 10.1. The number of ether oxygens (including phenoxy) is 1. The van der Waals surface area contributed by atoms with Crippen LogP contribution in [0.2, 0.25) is 0 Å². The molecule has 1 N–H and O–H groups in total. The van der Waals surface area contributed by atoms with Crippen molar-refractivity contribution in [2.24, 2.45) is 0 Å². The Morgan fingerprint density at radius 2 is 1.39 bits per heavy atom. The summed E-state index contributed by atoms with van der Waals surface area (Å²) in [5.41, 5.74) is 2.98. The summed E-state index contributed by atoms with van der Waals surface area (Å²) >= 11 is 0. The van der Waals surface area contributed by atoms with Crippen molar-refractivity contribution in [3.63, 3.8) is 0 Å². The zero-order valence-electron chi connectivity index (χ0n) is 25.4. The Bertz CT molecular complexity index is 1790. The predicted molar refractivity (Wildman–Crippen MR) is 178 cm³/mol. The fourth-order valence-corrected chi connectivity index (χ4v) is 9.28. The van der Waals surface area contributed by atoms with Crippen molar-refractivity contribution in [3.8, 4) is 0 Å². The van der Waals surface area contributed by atoms with Gasteiger partial charge in [0.1, 0.15) is 11.4 Å². The first-order valence-corrected chi connectivity index (χ1v) is 17.5. The van der Waals surface area contributed by atoms with Crippen LogP contribution in [0, 0.1) is 6.92 Å². The molecule has 1 aliphatic rings. The van der Waals surface area contributed by atoms with Gasteiger partial charge in [-0.15, -0.1) is 0 Å². The quantitative estimate of drug-likeness (QED) is 0.0918. The molecule has 46 heavy (non-hydrogen) atoms. The highest BCUT2D eigenvalue weighted by Crippen LogP contribution is 2.41. The molecule has 3 atom stereocenters. The van der Waals surface area contributed by atoms with Crippen LogP contribution in [0.3, 0.4) is 0 Å². The largest absolute Gasteiger partial charge is 0.451 e. The molecular formula is C36H34N2O6S2. The molecule has 2 amide bonds. The SMILES string of the molecule is C=C(C)C(C(=O)OC(c1ccccc1)c1ccccc1)N1C(=O)C(NC(=O)Cc2ccccc2)C1SS(=O)(=O)c1ccccc1C. The molecule has 1 heterocycles. The minimum absolute atomic E-state index is 0.00562. The number of nitrogens with zero attached hydrogens (tertiary/aromatic N) is 1. The summed E-state index contributed by atoms with van der Waals surface area (Å²) in [7, 11) is -3.53. The van der Waals surface area contributed by atoms with E-state index in [2.05, 4.69) is 11.9 Å². The molecule has 1 aliphatic heterocycles. The Balaban J connectivity index is 1.46. The third kappa shape index (κ3) is 7.24. The Morgan fingerprint density at radius 1 is 0.870 bits per heavy atom. The van der Waals surface area contributed by atoms with E-state index in [9.17, 15) is 22.8 Å². The Hall–Kier alpha value is -4.67. The number of carbonyl (C=O) groups excluding carboxylic acids is 3. The lowest BCUT2D eigenvalue weighted by molar-refractivity contribution is -0.165. The molecule has 10 heteroatoms. The Labute approximate surface area is 272 Å². The molecule has 236 valence electrons. The van der Waals surface area contributed by atoms with Crippen molar-refractivity contribution in [3.05, 3.63) is 150 Å². The van der Waals surface area contributed by atoms with Gasteiger partial charge in [-0.3, -0.25) is 9.59 Å². The van der Waals surface area contributed by atoms with Gasteiger partial charge in [-0.1, -0.05) is 116 Å². The lowest BCUT2D eigenvalue weighted by atomic mass is 9.98. The van der Waals surface area contributed by atoms with E-state index in [0.717, 1.165) is 21.6 Å². The highest BCUT2D eigenvalue weighted by molar-refractivity contribution is 8.72. The summed E-state index contributed by atoms with van der Waals surface area (Å²) in [6.45, 7) is 7.23. The maximum Gasteiger partial charge on any atom is 0.334 e. The summed E-state index contributed by atoms with van der Waals surface area (Å²) in [6.07, 6.45) is -0.801. The van der Waals surface area contributed by atoms with Crippen LogP contribution < -0.4 is 5.32 Å². The van der Waals surface area contributed by atoms with Gasteiger partial charge in [0.05, 0.1) is 11.3 Å². The summed E-state index contributed by atoms with van der Waals surface area (Å²) in [6, 6.07) is 31.4. The molecule has 0 aliphatic carbocycles. The first-order valence-electron chi connectivity index (χ1n) is 14.7. The van der Waals surface area contributed by atoms with Crippen LogP contribution in [0.15, 0.2) is 132 Å². The van der Waals surface area contributed by atoms with Crippen LogP contribution in [-0.4, -0.2) is 48.6 Å². The highest BCUT2D eigenvalue weighted by Gasteiger charge is 2.56. The lowest BCUT2D eigenvalue weighted by Gasteiger charge is -2.49. The molecule has 4 aromatic carbocycles. The molecule has 4 aromatic rings. The molecule has 8 nitrogen and oxygen atoms in total. The molecule has 1 saturated heterocycles. The number of β-lactam (4-membered cyclic amide) rings is 1. The number of nitrogens with one attached hydrogen (secondary N) is 1. The summed E-state index contributed by atoms with van der Waals surface area (Å²) in [4.78, 5) is 42.1. The topological polar surface area (TPSA) is 110 Å². The molecule has 5 rings (SSSR count). The number of benzene rings is 4. The monoisotopic (exact) mass is 654 g/mol. The van der Waals surface area contributed by atoms with E-state index in [1.54, 1.807) is 56.3 Å². The molecule has 0 radical (unpaired) electrons. The first kappa shape index (κ1) is 32.7. The number of amides is 2. The molecule has 0 bridgehead atoms. The second-order valence-electron chi connectivity index (χ2n) is 11.0. The number of aryl methyl sites for hydroxylation is 1. The van der Waals surface area contributed by atoms with Crippen molar-refractivity contribution in [1.29, 1.82) is 0 Å². The van der Waals surface area contributed by atoms with Crippen LogP contribution in [-0.2, 0) is 34.4 Å². The smallest absolute Gasteiger partial charge is 0.334 e. The van der Waals surface area contributed by atoms with Gasteiger partial charge in [0.15, 0.2) is 12.1 Å². The number of carbonyl (C=O) groups is 3. The summed E-state index contributed by atoms with van der Waals surface area (Å²) in [5.74, 6) is -1.84. The van der Waals surface area contributed by atoms with Crippen LogP contribution in [0.1, 0.15) is 35.3 Å². The van der Waals surface area contributed by atoms with Crippen LogP contribution in [0.25, 0.3) is 0 Å². The van der Waals surface area contributed by atoms with E-state index >= 15 is 0 Å². The fraction of sp³-hybridized carbons (Fsp3) is 0.194. The van der Waals surface area contributed by atoms with Crippen LogP contribution >= 0.6 is 10.8 Å². The zero-order valence-corrected chi connectivity index (χ0v) is 27.0. The number of hydrogen-bond donors (Lipinski definition) is 1. The van der Waals surface area contributed by atoms with Gasteiger partial charge in [0.25, 0.3) is 0 Å². The number of likely N-dealkylation sites (tertiary alicyclic amines) is 1. The second-order valence-corrected chi connectivity index (χ2v) is 15.0. The molecule has 0 spiro atoms. The third-order valence-corrected chi connectivity index (χ3v) is 11.4. The fourth-order valence-electron chi connectivity index (χ4n) is 5.34. The van der Waals surface area contributed by atoms with Gasteiger partial charge < -0.3 is 15.0 Å². The van der Waals surface area contributed by atoms with Gasteiger partial charge in [0, 0.05) is 10.8 Å². The van der Waals surface area contributed by atoms with Crippen molar-refractivity contribution in [2.75, 3.05) is 0 Å². The number of esters is 1. The van der Waals surface area contributed by atoms with E-state index in [1.165, 1.54) is 6.07 Å². The predicted octanol–water partition coefficient (Wildman–Crippen LogP) is 5.59. The van der Waals surface area contributed by atoms with Crippen LogP contribution in [0.5, 0.6) is 0 Å². The molecule has 0 aromatic heterocycles. The van der Waals surface area contributed by atoms with E-state index < -0.39 is 50.2 Å². The van der Waals surface area contributed by atoms with Gasteiger partial charge in [0.2, 0.25) is 20.7 Å². The Morgan fingerprint density at radius 3 is 1.93 bits per heavy atom. The zero-order chi connectivity index (χ0) is 32.8. The van der Waals surface area contributed by atoms with Crippen LogP contribution in [0.4, 0.5) is 0 Å². The maximum atomic E-state index is 14.0. The first-order chi connectivity index (χ1) is 22.1. The number of rotatable bonds is 12. The van der Waals surface area contributed by atoms with Gasteiger partial charge in [-0.05, 0) is 47.7 Å². The van der Waals surface area contributed by atoms with Gasteiger partial charge >= 0.3 is 5.97 Å². The average molecular weight is 655 g/mol. The molecular weight excluding hydrogens is 621 g/mol. The van der Waals surface area contributed by atoms with E-state index in [4.69, 9.17) is 4.74 Å². The van der Waals surface area contributed by atoms with Crippen molar-refractivity contribution in [1.82, 2.24) is 10.2 Å². The number of hydrogen-bond acceptors (Lipinski definition) is 7. The normalized spacial score (nSPS) is 16.8. The van der Waals surface area contributed by atoms with Gasteiger partial charge in [-0.2, -0.15) is 0 Å². The van der Waals surface area contributed by atoms with Crippen molar-refractivity contribution >= 4 is 37.4 Å². The third-order valence-electron chi connectivity index (χ3n) is 7.60. The second kappa shape index (κ2) is 14.2. The summed E-state index contributed by atoms with van der Waals surface area (Å²) in [5, 5.41) is 1.57. The minimum atomic E-state index is -4.04. The van der Waals surface area contributed by atoms with Gasteiger partial charge in [-0.25, -0.2) is 13.2 Å². The van der Waals surface area contributed by atoms with Crippen molar-refractivity contribution < 1.29 is 27.5 Å². The molecule has 0 saturated carbocycles. The van der Waals surface area contributed by atoms with E-state index in [0.29, 0.717) is 16.4 Å². The standard InChI is InChI=1S/C36H34N2O6S2/c1-24(2)32(36(41)44-33(27-18-9-5-10-19-27)28-20-11-6-12-21-28)38-34(40)31(37-30(39)23-26-16-7-4-8-17-26)35(38)45-46(42,43)29-22-14-13-15-25(29)3/h4-22,31-33,35H,1,23H2,2-3H3,(H,37,39). The lowest BCUT2D eigenvalue weighted by Crippen LogP contribution is -2.73. The average Bonchev–Trinajstić information content (AvgIpc) is 3.05. The summed E-state index contributed by atoms with van der Waals surface area (Å²) < 4.78 is 33.5. The highest BCUT2D eigenvalue weighted by atomic mass is 33.1. The van der Waals surface area contributed by atoms with Crippen molar-refractivity contribution in [2.45, 2.75) is 48.7 Å². The molecule has 1 fully saturated rings. The minimum Gasteiger partial charge on any atom is -0.451 e.